The molecular formula is C22H23N3O. The number of amides is 1. The van der Waals surface area contributed by atoms with E-state index in [-0.39, 0.29) is 5.91 Å². The number of nitrogens with zero attached hydrogens (tertiary/aromatic N) is 2. The van der Waals surface area contributed by atoms with Gasteiger partial charge < -0.3 is 10.2 Å². The topological polar surface area (TPSA) is 45.2 Å². The minimum Gasteiger partial charge on any atom is -0.357 e. The van der Waals surface area contributed by atoms with Gasteiger partial charge in [0.05, 0.1) is 11.1 Å². The number of benzene rings is 2. The molecule has 0 aliphatic carbocycles. The van der Waals surface area contributed by atoms with Crippen LogP contribution in [0.25, 0.3) is 10.9 Å². The van der Waals surface area contributed by atoms with Gasteiger partial charge in [0.1, 0.15) is 5.82 Å². The molecular weight excluding hydrogens is 322 g/mol. The van der Waals surface area contributed by atoms with E-state index < -0.39 is 0 Å². The lowest BCUT2D eigenvalue weighted by molar-refractivity contribution is 0.102. The fourth-order valence-electron chi connectivity index (χ4n) is 3.47. The number of carbonyl (C=O) groups excluding carboxylic acids is 1. The smallest absolute Gasteiger partial charge is 0.256 e. The highest BCUT2D eigenvalue weighted by atomic mass is 16.1. The Kier molecular flexibility index (Phi) is 4.57. The maximum atomic E-state index is 13.0. The van der Waals surface area contributed by atoms with Crippen LogP contribution < -0.4 is 10.2 Å². The molecule has 1 aliphatic heterocycles. The quantitative estimate of drug-likeness (QED) is 0.747. The Morgan fingerprint density at radius 1 is 1.04 bits per heavy atom. The van der Waals surface area contributed by atoms with Crippen molar-refractivity contribution >= 4 is 28.3 Å². The molecule has 0 spiro atoms. The van der Waals surface area contributed by atoms with Crippen LogP contribution in [-0.4, -0.2) is 24.0 Å². The van der Waals surface area contributed by atoms with Crippen molar-refractivity contribution in [1.29, 1.82) is 0 Å². The Hall–Kier alpha value is -2.88. The van der Waals surface area contributed by atoms with E-state index in [1.165, 1.54) is 12.8 Å². The van der Waals surface area contributed by atoms with Gasteiger partial charge in [-0.1, -0.05) is 43.3 Å². The maximum absolute atomic E-state index is 13.0. The summed E-state index contributed by atoms with van der Waals surface area (Å²) in [6.07, 6.45) is 2.33. The average Bonchev–Trinajstić information content (AvgIpc) is 2.68. The van der Waals surface area contributed by atoms with Crippen LogP contribution in [0.15, 0.2) is 60.7 Å². The van der Waals surface area contributed by atoms with E-state index >= 15 is 0 Å². The van der Waals surface area contributed by atoms with Crippen LogP contribution in [0.2, 0.25) is 0 Å². The third-order valence-corrected chi connectivity index (χ3v) is 5.09. The monoisotopic (exact) mass is 345 g/mol. The summed E-state index contributed by atoms with van der Waals surface area (Å²) in [5.41, 5.74) is 2.33. The fraction of sp³-hybridized carbons (Fsp3) is 0.273. The molecule has 4 rings (SSSR count). The average molecular weight is 345 g/mol. The van der Waals surface area contributed by atoms with Gasteiger partial charge in [-0.3, -0.25) is 4.79 Å². The van der Waals surface area contributed by atoms with Crippen molar-refractivity contribution in [2.24, 2.45) is 5.92 Å². The van der Waals surface area contributed by atoms with Crippen LogP contribution in [0.4, 0.5) is 11.5 Å². The second-order valence-electron chi connectivity index (χ2n) is 7.03. The first kappa shape index (κ1) is 16.6. The van der Waals surface area contributed by atoms with E-state index in [9.17, 15) is 4.79 Å². The highest BCUT2D eigenvalue weighted by Gasteiger charge is 2.20. The first-order chi connectivity index (χ1) is 12.7. The molecule has 0 bridgehead atoms. The van der Waals surface area contributed by atoms with Gasteiger partial charge in [0.15, 0.2) is 0 Å². The van der Waals surface area contributed by atoms with Crippen LogP contribution in [0, 0.1) is 5.92 Å². The van der Waals surface area contributed by atoms with E-state index in [2.05, 4.69) is 17.1 Å². The number of hydrogen-bond donors (Lipinski definition) is 1. The molecule has 1 fully saturated rings. The molecule has 1 aliphatic rings. The van der Waals surface area contributed by atoms with Crippen LogP contribution in [0.3, 0.4) is 0 Å². The van der Waals surface area contributed by atoms with Crippen molar-refractivity contribution < 1.29 is 4.79 Å². The molecule has 2 aromatic carbocycles. The largest absolute Gasteiger partial charge is 0.357 e. The minimum absolute atomic E-state index is 0.0959. The summed E-state index contributed by atoms with van der Waals surface area (Å²) in [4.78, 5) is 20.1. The Morgan fingerprint density at radius 3 is 2.50 bits per heavy atom. The number of anilines is 2. The zero-order valence-electron chi connectivity index (χ0n) is 15.0. The fourth-order valence-corrected chi connectivity index (χ4v) is 3.47. The first-order valence-electron chi connectivity index (χ1n) is 9.22. The zero-order valence-corrected chi connectivity index (χ0v) is 15.0. The molecule has 3 aromatic rings. The normalized spacial score (nSPS) is 15.2. The van der Waals surface area contributed by atoms with Crippen LogP contribution in [0.1, 0.15) is 30.1 Å². The van der Waals surface area contributed by atoms with Gasteiger partial charge in [-0.15, -0.1) is 0 Å². The highest BCUT2D eigenvalue weighted by Crippen LogP contribution is 2.27. The van der Waals surface area contributed by atoms with Crippen molar-refractivity contribution in [3.05, 3.63) is 66.2 Å². The molecule has 132 valence electrons. The highest BCUT2D eigenvalue weighted by molar-refractivity contribution is 6.13. The molecule has 1 N–H and O–H groups in total. The standard InChI is InChI=1S/C22H23N3O/c1-16-11-13-25(14-12-16)21-15-19(18-9-5-6-10-20(18)24-21)22(26)23-17-7-3-2-4-8-17/h2-10,15-16H,11-14H2,1H3,(H,23,26). The molecule has 4 nitrogen and oxygen atoms in total. The number of nitrogens with one attached hydrogen (secondary N) is 1. The molecule has 0 radical (unpaired) electrons. The molecule has 2 heterocycles. The third-order valence-electron chi connectivity index (χ3n) is 5.09. The summed E-state index contributed by atoms with van der Waals surface area (Å²) in [7, 11) is 0. The van der Waals surface area contributed by atoms with Crippen molar-refractivity contribution in [2.45, 2.75) is 19.8 Å². The summed E-state index contributed by atoms with van der Waals surface area (Å²) < 4.78 is 0. The van der Waals surface area contributed by atoms with Gasteiger partial charge in [-0.2, -0.15) is 0 Å². The number of piperidine rings is 1. The maximum Gasteiger partial charge on any atom is 0.256 e. The third kappa shape index (κ3) is 3.40. The Balaban J connectivity index is 1.71. The van der Waals surface area contributed by atoms with E-state index in [0.717, 1.165) is 41.4 Å². The SMILES string of the molecule is CC1CCN(c2cc(C(=O)Nc3ccccc3)c3ccccc3n2)CC1. The second kappa shape index (κ2) is 7.16. The molecule has 0 atom stereocenters. The van der Waals surface area contributed by atoms with Gasteiger partial charge in [-0.05, 0) is 43.0 Å². The number of hydrogen-bond acceptors (Lipinski definition) is 3. The molecule has 1 saturated heterocycles. The van der Waals surface area contributed by atoms with Crippen molar-refractivity contribution in [3.8, 4) is 0 Å². The number of pyridine rings is 1. The van der Waals surface area contributed by atoms with Gasteiger partial charge in [0, 0.05) is 24.2 Å². The lowest BCUT2D eigenvalue weighted by Crippen LogP contribution is -2.33. The molecule has 26 heavy (non-hydrogen) atoms. The zero-order chi connectivity index (χ0) is 17.9. The lowest BCUT2D eigenvalue weighted by Gasteiger charge is -2.31. The summed E-state index contributed by atoms with van der Waals surface area (Å²) in [6, 6.07) is 19.4. The molecule has 0 unspecified atom stereocenters. The Morgan fingerprint density at radius 2 is 1.73 bits per heavy atom. The molecule has 0 saturated carbocycles. The number of aromatic nitrogens is 1. The van der Waals surface area contributed by atoms with E-state index in [1.54, 1.807) is 0 Å². The van der Waals surface area contributed by atoms with Crippen molar-refractivity contribution in [3.63, 3.8) is 0 Å². The second-order valence-corrected chi connectivity index (χ2v) is 7.03. The number of para-hydroxylation sites is 2. The van der Waals surface area contributed by atoms with Crippen molar-refractivity contribution in [2.75, 3.05) is 23.3 Å². The van der Waals surface area contributed by atoms with E-state index in [0.29, 0.717) is 5.56 Å². The number of carbonyl (C=O) groups is 1. The van der Waals surface area contributed by atoms with Gasteiger partial charge >= 0.3 is 0 Å². The Labute approximate surface area is 153 Å². The van der Waals surface area contributed by atoms with Crippen LogP contribution in [-0.2, 0) is 0 Å². The Bertz CT molecular complexity index is 915. The predicted molar refractivity (Wildman–Crippen MR) is 107 cm³/mol. The molecule has 1 amide bonds. The predicted octanol–water partition coefficient (Wildman–Crippen LogP) is 4.72. The lowest BCUT2D eigenvalue weighted by atomic mass is 9.99. The summed E-state index contributed by atoms with van der Waals surface area (Å²) in [5, 5.41) is 3.89. The minimum atomic E-state index is -0.0959. The van der Waals surface area contributed by atoms with Crippen LogP contribution in [0.5, 0.6) is 0 Å². The van der Waals surface area contributed by atoms with E-state index in [4.69, 9.17) is 4.98 Å². The van der Waals surface area contributed by atoms with Gasteiger partial charge in [-0.25, -0.2) is 4.98 Å². The van der Waals surface area contributed by atoms with Crippen molar-refractivity contribution in [1.82, 2.24) is 4.98 Å². The molecule has 4 heteroatoms. The summed E-state index contributed by atoms with van der Waals surface area (Å²) in [5.74, 6) is 1.56. The number of fused-ring (bicyclic) bond motifs is 1. The summed E-state index contributed by atoms with van der Waals surface area (Å²) in [6.45, 7) is 4.28. The first-order valence-corrected chi connectivity index (χ1v) is 9.22. The number of rotatable bonds is 3. The van der Waals surface area contributed by atoms with E-state index in [1.807, 2.05) is 60.7 Å². The molecule has 1 aromatic heterocycles. The van der Waals surface area contributed by atoms with Gasteiger partial charge in [0.2, 0.25) is 0 Å². The van der Waals surface area contributed by atoms with Gasteiger partial charge in [0.25, 0.3) is 5.91 Å². The van der Waals surface area contributed by atoms with Crippen LogP contribution >= 0.6 is 0 Å². The summed E-state index contributed by atoms with van der Waals surface area (Å²) >= 11 is 0.